The van der Waals surface area contributed by atoms with Gasteiger partial charge in [-0.15, -0.1) is 0 Å². The highest BCUT2D eigenvalue weighted by molar-refractivity contribution is 6.13. The van der Waals surface area contributed by atoms with Gasteiger partial charge in [-0.1, -0.05) is 6.07 Å². The minimum absolute atomic E-state index is 0.110. The molecule has 2 aliphatic rings. The van der Waals surface area contributed by atoms with Crippen molar-refractivity contribution in [1.29, 1.82) is 0 Å². The van der Waals surface area contributed by atoms with Gasteiger partial charge in [0, 0.05) is 13.1 Å². The lowest BCUT2D eigenvalue weighted by Crippen LogP contribution is -2.36. The number of hydrogen-bond donors (Lipinski definition) is 2. The van der Waals surface area contributed by atoms with Gasteiger partial charge in [-0.25, -0.2) is 9.18 Å². The number of amides is 3. The standard InChI is InChI=1S/C14H14FN3O3/c15-10-7-9(8-11-13(19)17-14(20)16-11)1-2-12(10)18-3-5-21-6-4-18/h1-2,7-8H,3-6H2,(H2,16,17,19,20)/b11-8+. The largest absolute Gasteiger partial charge is 0.378 e. The highest BCUT2D eigenvalue weighted by Gasteiger charge is 2.23. The zero-order valence-electron chi connectivity index (χ0n) is 11.2. The molecule has 0 atom stereocenters. The number of nitrogens with one attached hydrogen (secondary N) is 2. The summed E-state index contributed by atoms with van der Waals surface area (Å²) in [5.41, 5.74) is 1.13. The molecule has 1 aromatic rings. The molecule has 0 radical (unpaired) electrons. The number of hydrogen-bond acceptors (Lipinski definition) is 4. The van der Waals surface area contributed by atoms with E-state index in [0.717, 1.165) is 0 Å². The normalized spacial score (nSPS) is 20.6. The average molecular weight is 291 g/mol. The molecule has 1 aromatic carbocycles. The molecule has 0 saturated carbocycles. The van der Waals surface area contributed by atoms with Crippen LogP contribution >= 0.6 is 0 Å². The number of benzene rings is 1. The van der Waals surface area contributed by atoms with E-state index in [2.05, 4.69) is 10.6 Å². The molecule has 0 spiro atoms. The van der Waals surface area contributed by atoms with E-state index < -0.39 is 11.9 Å². The average Bonchev–Trinajstić information content (AvgIpc) is 2.78. The molecule has 110 valence electrons. The summed E-state index contributed by atoms with van der Waals surface area (Å²) in [5.74, 6) is -0.881. The number of carbonyl (C=O) groups is 2. The summed E-state index contributed by atoms with van der Waals surface area (Å²) >= 11 is 0. The van der Waals surface area contributed by atoms with Crippen molar-refractivity contribution in [2.75, 3.05) is 31.2 Å². The first-order valence-corrected chi connectivity index (χ1v) is 6.60. The van der Waals surface area contributed by atoms with Crippen LogP contribution in [0.15, 0.2) is 23.9 Å². The minimum Gasteiger partial charge on any atom is -0.378 e. The summed E-state index contributed by atoms with van der Waals surface area (Å²) in [6, 6.07) is 4.15. The van der Waals surface area contributed by atoms with Crippen LogP contribution in [0.5, 0.6) is 0 Å². The van der Waals surface area contributed by atoms with Gasteiger partial charge in [0.05, 0.1) is 18.9 Å². The number of halogens is 1. The van der Waals surface area contributed by atoms with E-state index in [4.69, 9.17) is 4.74 Å². The second-order valence-corrected chi connectivity index (χ2v) is 4.78. The fourth-order valence-electron chi connectivity index (χ4n) is 2.32. The Hall–Kier alpha value is -2.41. The van der Waals surface area contributed by atoms with Crippen LogP contribution in [0.2, 0.25) is 0 Å². The zero-order chi connectivity index (χ0) is 14.8. The number of morpholine rings is 1. The second-order valence-electron chi connectivity index (χ2n) is 4.78. The number of carbonyl (C=O) groups excluding carboxylic acids is 2. The number of rotatable bonds is 2. The molecule has 3 amide bonds. The van der Waals surface area contributed by atoms with Gasteiger partial charge in [0.15, 0.2) is 0 Å². The number of nitrogens with zero attached hydrogens (tertiary/aromatic N) is 1. The Bertz CT molecular complexity index is 624. The Morgan fingerprint density at radius 3 is 2.57 bits per heavy atom. The third kappa shape index (κ3) is 2.87. The molecule has 0 aromatic heterocycles. The maximum Gasteiger partial charge on any atom is 0.326 e. The van der Waals surface area contributed by atoms with Gasteiger partial charge in [-0.3, -0.25) is 10.1 Å². The Kier molecular flexibility index (Phi) is 3.57. The third-order valence-corrected chi connectivity index (χ3v) is 3.35. The van der Waals surface area contributed by atoms with Crippen LogP contribution < -0.4 is 15.5 Å². The topological polar surface area (TPSA) is 70.7 Å². The molecule has 0 unspecified atom stereocenters. The van der Waals surface area contributed by atoms with Crippen molar-refractivity contribution in [3.8, 4) is 0 Å². The van der Waals surface area contributed by atoms with Gasteiger partial charge in [0.2, 0.25) is 0 Å². The molecule has 2 saturated heterocycles. The van der Waals surface area contributed by atoms with Crippen molar-refractivity contribution in [3.63, 3.8) is 0 Å². The molecule has 21 heavy (non-hydrogen) atoms. The van der Waals surface area contributed by atoms with Gasteiger partial charge in [-0.05, 0) is 23.8 Å². The highest BCUT2D eigenvalue weighted by atomic mass is 19.1. The number of anilines is 1. The molecular weight excluding hydrogens is 277 g/mol. The first-order valence-electron chi connectivity index (χ1n) is 6.60. The molecule has 7 heteroatoms. The molecule has 6 nitrogen and oxygen atoms in total. The third-order valence-electron chi connectivity index (χ3n) is 3.35. The molecule has 2 fully saturated rings. The Balaban J connectivity index is 1.82. The number of imide groups is 1. The van der Waals surface area contributed by atoms with Crippen LogP contribution in [-0.2, 0) is 9.53 Å². The van der Waals surface area contributed by atoms with Gasteiger partial charge >= 0.3 is 6.03 Å². The molecular formula is C14H14FN3O3. The van der Waals surface area contributed by atoms with Crippen LogP contribution in [-0.4, -0.2) is 38.2 Å². The van der Waals surface area contributed by atoms with Crippen LogP contribution in [0.4, 0.5) is 14.9 Å². The Morgan fingerprint density at radius 1 is 1.19 bits per heavy atom. The summed E-state index contributed by atoms with van der Waals surface area (Å²) < 4.78 is 19.4. The number of urea groups is 1. The van der Waals surface area contributed by atoms with E-state index in [9.17, 15) is 14.0 Å². The predicted octanol–water partition coefficient (Wildman–Crippen LogP) is 0.843. The van der Waals surface area contributed by atoms with Crippen LogP contribution in [0.3, 0.4) is 0 Å². The monoisotopic (exact) mass is 291 g/mol. The first-order chi connectivity index (χ1) is 10.1. The van der Waals surface area contributed by atoms with E-state index >= 15 is 0 Å². The van der Waals surface area contributed by atoms with Crippen molar-refractivity contribution in [3.05, 3.63) is 35.3 Å². The maximum atomic E-state index is 14.2. The molecule has 3 rings (SSSR count). The molecule has 2 heterocycles. The summed E-state index contributed by atoms with van der Waals surface area (Å²) in [6.45, 7) is 2.46. The molecule has 2 N–H and O–H groups in total. The molecule has 2 aliphatic heterocycles. The second kappa shape index (κ2) is 5.53. The Morgan fingerprint density at radius 2 is 1.95 bits per heavy atom. The summed E-state index contributed by atoms with van der Waals surface area (Å²) in [7, 11) is 0. The van der Waals surface area contributed by atoms with E-state index in [1.165, 1.54) is 12.1 Å². The Labute approximate surface area is 120 Å². The quantitative estimate of drug-likeness (QED) is 0.626. The van der Waals surface area contributed by atoms with E-state index in [0.29, 0.717) is 37.6 Å². The fourth-order valence-corrected chi connectivity index (χ4v) is 2.32. The van der Waals surface area contributed by atoms with Crippen LogP contribution in [0.25, 0.3) is 6.08 Å². The SMILES string of the molecule is O=C1NC(=O)/C(=C\c2ccc(N3CCOCC3)c(F)c2)N1. The van der Waals surface area contributed by atoms with Crippen LogP contribution in [0.1, 0.15) is 5.56 Å². The lowest BCUT2D eigenvalue weighted by molar-refractivity contribution is -0.115. The van der Waals surface area contributed by atoms with E-state index in [1.54, 1.807) is 12.1 Å². The van der Waals surface area contributed by atoms with E-state index in [-0.39, 0.29) is 11.5 Å². The van der Waals surface area contributed by atoms with Crippen molar-refractivity contribution < 1.29 is 18.7 Å². The predicted molar refractivity (Wildman–Crippen MR) is 74.1 cm³/mol. The van der Waals surface area contributed by atoms with Crippen molar-refractivity contribution in [2.45, 2.75) is 0 Å². The van der Waals surface area contributed by atoms with Gasteiger partial charge < -0.3 is 15.0 Å². The first kappa shape index (κ1) is 13.6. The minimum atomic E-state index is -0.573. The summed E-state index contributed by atoms with van der Waals surface area (Å²) in [4.78, 5) is 24.3. The van der Waals surface area contributed by atoms with Gasteiger partial charge in [0.25, 0.3) is 5.91 Å². The van der Waals surface area contributed by atoms with E-state index in [1.807, 2.05) is 4.90 Å². The zero-order valence-corrected chi connectivity index (χ0v) is 11.2. The number of ether oxygens (including phenoxy) is 1. The van der Waals surface area contributed by atoms with Gasteiger partial charge in [-0.2, -0.15) is 0 Å². The van der Waals surface area contributed by atoms with Crippen molar-refractivity contribution in [2.24, 2.45) is 0 Å². The molecule has 0 aliphatic carbocycles. The van der Waals surface area contributed by atoms with Crippen LogP contribution in [0, 0.1) is 5.82 Å². The smallest absolute Gasteiger partial charge is 0.326 e. The lowest BCUT2D eigenvalue weighted by Gasteiger charge is -2.29. The summed E-state index contributed by atoms with van der Waals surface area (Å²) in [6.07, 6.45) is 1.44. The highest BCUT2D eigenvalue weighted by Crippen LogP contribution is 2.22. The van der Waals surface area contributed by atoms with Crippen molar-refractivity contribution >= 4 is 23.7 Å². The van der Waals surface area contributed by atoms with Crippen molar-refractivity contribution in [1.82, 2.24) is 10.6 Å². The molecule has 0 bridgehead atoms. The van der Waals surface area contributed by atoms with Gasteiger partial charge in [0.1, 0.15) is 11.5 Å². The fraction of sp³-hybridized carbons (Fsp3) is 0.286. The lowest BCUT2D eigenvalue weighted by atomic mass is 10.1. The maximum absolute atomic E-state index is 14.2. The summed E-state index contributed by atoms with van der Waals surface area (Å²) in [5, 5.41) is 4.45.